The minimum atomic E-state index is -0.148. The topological polar surface area (TPSA) is 32.8 Å². The number of thiophene rings is 2. The Kier molecular flexibility index (Phi) is 10.1. The molecular weight excluding hydrogens is 928 g/mol. The molecule has 0 saturated heterocycles. The van der Waals surface area contributed by atoms with Crippen LogP contribution >= 0.6 is 22.7 Å². The maximum Gasteiger partial charge on any atom is 0.255 e. The highest BCUT2D eigenvalue weighted by Crippen LogP contribution is 2.55. The molecule has 6 aromatic carbocycles. The number of allylic oxidation sites excluding steroid dienone is 1. The Morgan fingerprint density at radius 2 is 1.04 bits per heavy atom. The summed E-state index contributed by atoms with van der Waals surface area (Å²) in [6, 6.07) is 38.9. The second-order valence-electron chi connectivity index (χ2n) is 24.5. The Morgan fingerprint density at radius 3 is 1.55 bits per heavy atom. The molecular formula is C66H63BN2O2S2. The highest BCUT2D eigenvalue weighted by Gasteiger charge is 2.50. The summed E-state index contributed by atoms with van der Waals surface area (Å²) < 4.78 is 13.6. The lowest BCUT2D eigenvalue weighted by molar-refractivity contribution is 0.291. The fraction of sp³-hybridized carbons (Fsp3) is 0.273. The van der Waals surface area contributed by atoms with Gasteiger partial charge in [0.15, 0.2) is 0 Å². The van der Waals surface area contributed by atoms with Gasteiger partial charge < -0.3 is 18.6 Å². The Balaban J connectivity index is 1.14. The maximum atomic E-state index is 6.15. The van der Waals surface area contributed by atoms with Gasteiger partial charge in [-0.3, -0.25) is 0 Å². The lowest BCUT2D eigenvalue weighted by atomic mass is 9.33. The molecule has 0 saturated carbocycles. The molecule has 0 bridgehead atoms. The largest absolute Gasteiger partial charge is 0.464 e. The monoisotopic (exact) mass is 990 g/mol. The second kappa shape index (κ2) is 16.0. The zero-order valence-electron chi connectivity index (χ0n) is 44.5. The van der Waals surface area contributed by atoms with E-state index in [9.17, 15) is 0 Å². The van der Waals surface area contributed by atoms with Gasteiger partial charge in [0, 0.05) is 42.9 Å². The first kappa shape index (κ1) is 46.3. The average Bonchev–Trinajstić information content (AvgIpc) is 4.14. The molecule has 0 N–H and O–H groups in total. The SMILES string of the molecule is Cc1cc(-c2coc3ccccc23)cc(C)c1N1c2cc(C(C)(C)C)cc3c2B(c2c1sc1c2CC(C(C)(C)C)C=C1)c1c(sc2ccc(C(C)(C)C)cc12)N3c1c(C)cc(-c2coc3ccccc23)cc1C. The first-order valence-electron chi connectivity index (χ1n) is 26.1. The highest BCUT2D eigenvalue weighted by atomic mass is 32.1. The molecule has 4 aromatic heterocycles. The Bertz CT molecular complexity index is 3940. The van der Waals surface area contributed by atoms with Crippen LogP contribution in [0, 0.1) is 39.0 Å². The normalized spacial score (nSPS) is 15.4. The van der Waals surface area contributed by atoms with Crippen LogP contribution in [0.2, 0.25) is 0 Å². The summed E-state index contributed by atoms with van der Waals surface area (Å²) in [4.78, 5) is 6.82. The maximum absolute atomic E-state index is 6.15. The van der Waals surface area contributed by atoms with Crippen molar-refractivity contribution >= 4 is 117 Å². The number of nitrogens with zero attached hydrogens (tertiary/aromatic N) is 2. The van der Waals surface area contributed by atoms with Crippen molar-refractivity contribution in [3.8, 4) is 22.3 Å². The van der Waals surface area contributed by atoms with Gasteiger partial charge in [0.1, 0.15) is 11.2 Å². The lowest BCUT2D eigenvalue weighted by Gasteiger charge is -2.44. The number of anilines is 6. The zero-order valence-corrected chi connectivity index (χ0v) is 46.1. The molecule has 0 spiro atoms. The quantitative estimate of drug-likeness (QED) is 0.165. The van der Waals surface area contributed by atoms with Crippen LogP contribution in [0.4, 0.5) is 32.8 Å². The van der Waals surface area contributed by atoms with Crippen LogP contribution in [0.15, 0.2) is 131 Å². The molecule has 6 heterocycles. The first-order valence-corrected chi connectivity index (χ1v) is 27.7. The van der Waals surface area contributed by atoms with Crippen molar-refractivity contribution in [1.29, 1.82) is 0 Å². The third-order valence-corrected chi connectivity index (χ3v) is 18.8. The highest BCUT2D eigenvalue weighted by molar-refractivity contribution is 7.27. The third-order valence-electron chi connectivity index (χ3n) is 16.4. The summed E-state index contributed by atoms with van der Waals surface area (Å²) in [6.45, 7) is 30.8. The van der Waals surface area contributed by atoms with Crippen molar-refractivity contribution in [3.63, 3.8) is 0 Å². The molecule has 73 heavy (non-hydrogen) atoms. The second-order valence-corrected chi connectivity index (χ2v) is 26.5. The van der Waals surface area contributed by atoms with Crippen LogP contribution in [-0.4, -0.2) is 6.71 Å². The van der Waals surface area contributed by atoms with Gasteiger partial charge in [0.2, 0.25) is 0 Å². The van der Waals surface area contributed by atoms with Crippen molar-refractivity contribution in [1.82, 2.24) is 0 Å². The molecule has 10 aromatic rings. The predicted octanol–water partition coefficient (Wildman–Crippen LogP) is 17.9. The third kappa shape index (κ3) is 7.04. The molecule has 364 valence electrons. The fourth-order valence-corrected chi connectivity index (χ4v) is 15.1. The molecule has 0 radical (unpaired) electrons. The molecule has 1 aliphatic carbocycles. The van der Waals surface area contributed by atoms with Crippen molar-refractivity contribution in [2.75, 3.05) is 9.80 Å². The number of hydrogen-bond donors (Lipinski definition) is 0. The summed E-state index contributed by atoms with van der Waals surface area (Å²) in [5, 5.41) is 6.32. The first-order chi connectivity index (χ1) is 34.7. The number of benzene rings is 6. The number of rotatable bonds is 4. The zero-order chi connectivity index (χ0) is 50.8. The smallest absolute Gasteiger partial charge is 0.255 e. The minimum Gasteiger partial charge on any atom is -0.464 e. The van der Waals surface area contributed by atoms with Crippen LogP contribution in [0.3, 0.4) is 0 Å². The molecule has 3 aliphatic rings. The summed E-state index contributed by atoms with van der Waals surface area (Å²) >= 11 is 3.97. The van der Waals surface area contributed by atoms with Crippen LogP contribution in [0.1, 0.15) is 106 Å². The van der Waals surface area contributed by atoms with Gasteiger partial charge in [-0.2, -0.15) is 0 Å². The number of para-hydroxylation sites is 2. The number of aryl methyl sites for hydroxylation is 4. The van der Waals surface area contributed by atoms with E-state index in [4.69, 9.17) is 8.83 Å². The standard InChI is InChI=1S/C66H63BN2O2S2/c1-36-26-40(49-34-70-53-20-16-14-18-45(49)53)27-37(2)60(36)68-51-32-44(66(11,12)13)33-52-59(51)67(57-47-30-42(64(5,6)7)22-24-55(47)72-62(57)68)58-48-31-43(65(8,9)10)23-25-56(48)73-63(58)69(52)61-38(3)28-41(29-39(61)4)50-35-71-54-21-17-15-19-46(50)54/h14-30,32-35,43H,31H2,1-13H3. The van der Waals surface area contributed by atoms with E-state index in [1.807, 2.05) is 35.2 Å². The lowest BCUT2D eigenvalue weighted by Crippen LogP contribution is -2.61. The summed E-state index contributed by atoms with van der Waals surface area (Å²) in [6.07, 6.45) is 9.87. The molecule has 0 amide bonds. The van der Waals surface area contributed by atoms with E-state index in [-0.39, 0.29) is 23.0 Å². The van der Waals surface area contributed by atoms with Gasteiger partial charge >= 0.3 is 0 Å². The van der Waals surface area contributed by atoms with Gasteiger partial charge in [-0.1, -0.05) is 117 Å². The Morgan fingerprint density at radius 1 is 0.534 bits per heavy atom. The molecule has 1 unspecified atom stereocenters. The van der Waals surface area contributed by atoms with E-state index < -0.39 is 0 Å². The van der Waals surface area contributed by atoms with Crippen molar-refractivity contribution in [2.45, 2.75) is 107 Å². The van der Waals surface area contributed by atoms with E-state index in [1.165, 1.54) is 114 Å². The van der Waals surface area contributed by atoms with Gasteiger partial charge in [0.05, 0.1) is 33.9 Å². The van der Waals surface area contributed by atoms with Crippen molar-refractivity contribution in [2.24, 2.45) is 11.3 Å². The van der Waals surface area contributed by atoms with Gasteiger partial charge in [-0.05, 0) is 189 Å². The molecule has 7 heteroatoms. The minimum absolute atomic E-state index is 0.0157. The summed E-state index contributed by atoms with van der Waals surface area (Å²) in [7, 11) is 0. The number of fused-ring (bicyclic) bond motifs is 10. The Hall–Kier alpha value is -6.54. The summed E-state index contributed by atoms with van der Waals surface area (Å²) in [5.41, 5.74) is 24.9. The summed E-state index contributed by atoms with van der Waals surface area (Å²) in [5.74, 6) is 0.409. The predicted molar refractivity (Wildman–Crippen MR) is 316 cm³/mol. The van der Waals surface area contributed by atoms with E-state index in [1.54, 1.807) is 0 Å². The molecule has 1 atom stereocenters. The van der Waals surface area contributed by atoms with Crippen LogP contribution in [0.25, 0.3) is 60.4 Å². The number of furan rings is 2. The van der Waals surface area contributed by atoms with E-state index in [0.717, 1.165) is 39.5 Å². The average molecular weight is 991 g/mol. The molecule has 13 rings (SSSR count). The van der Waals surface area contributed by atoms with E-state index >= 15 is 0 Å². The molecule has 2 aliphatic heterocycles. The van der Waals surface area contributed by atoms with Crippen molar-refractivity contribution in [3.05, 3.63) is 166 Å². The van der Waals surface area contributed by atoms with Crippen LogP contribution in [-0.2, 0) is 17.3 Å². The van der Waals surface area contributed by atoms with Gasteiger partial charge in [0.25, 0.3) is 6.71 Å². The number of hydrogen-bond acceptors (Lipinski definition) is 6. The van der Waals surface area contributed by atoms with E-state index in [2.05, 4.69) is 215 Å². The van der Waals surface area contributed by atoms with Crippen molar-refractivity contribution < 1.29 is 8.83 Å². The molecule has 4 nitrogen and oxygen atoms in total. The fourth-order valence-electron chi connectivity index (χ4n) is 12.5. The van der Waals surface area contributed by atoms with Crippen LogP contribution in [0.5, 0.6) is 0 Å². The Labute approximate surface area is 439 Å². The van der Waals surface area contributed by atoms with Gasteiger partial charge in [-0.25, -0.2) is 0 Å². The van der Waals surface area contributed by atoms with Crippen LogP contribution < -0.4 is 26.2 Å². The van der Waals surface area contributed by atoms with Gasteiger partial charge in [-0.15, -0.1) is 22.7 Å². The molecule has 0 fully saturated rings. The van der Waals surface area contributed by atoms with E-state index in [0.29, 0.717) is 5.92 Å².